The number of ether oxygens (including phenoxy) is 1. The number of imide groups is 1. The predicted octanol–water partition coefficient (Wildman–Crippen LogP) is 1.51. The van der Waals surface area contributed by atoms with E-state index in [4.69, 9.17) is 9.57 Å². The Morgan fingerprint density at radius 2 is 1.85 bits per heavy atom. The first-order valence-electron chi connectivity index (χ1n) is 8.17. The number of rotatable bonds is 8. The van der Waals surface area contributed by atoms with Gasteiger partial charge in [-0.05, 0) is 18.4 Å². The minimum atomic E-state index is -1.08. The summed E-state index contributed by atoms with van der Waals surface area (Å²) in [5.74, 6) is -2.07. The quantitative estimate of drug-likeness (QED) is 0.557. The van der Waals surface area contributed by atoms with Crippen molar-refractivity contribution in [1.82, 2.24) is 10.4 Å². The molecule has 1 aliphatic heterocycles. The Hall–Kier alpha value is -3.16. The van der Waals surface area contributed by atoms with Gasteiger partial charge in [-0.3, -0.25) is 9.59 Å². The Morgan fingerprint density at radius 3 is 2.46 bits per heavy atom. The summed E-state index contributed by atoms with van der Waals surface area (Å²) < 4.78 is 4.81. The monoisotopic (exact) mass is 360 g/mol. The van der Waals surface area contributed by atoms with E-state index in [1.807, 2.05) is 30.3 Å². The molecule has 1 heterocycles. The maximum Gasteiger partial charge on any atom is 0.408 e. The fourth-order valence-electron chi connectivity index (χ4n) is 2.33. The Balaban J connectivity index is 2.01. The second-order valence-corrected chi connectivity index (χ2v) is 5.60. The van der Waals surface area contributed by atoms with E-state index in [0.717, 1.165) is 5.56 Å². The van der Waals surface area contributed by atoms with Gasteiger partial charge in [0.2, 0.25) is 0 Å². The van der Waals surface area contributed by atoms with Gasteiger partial charge in [-0.2, -0.15) is 0 Å². The molecule has 8 heteroatoms. The standard InChI is InChI=1S/C18H20N2O6/c1-2-12-25-18(24)19-14(9-8-13-6-4-3-5-7-13)17(23)26-20-15(21)10-11-16(20)22/h2-7,14H,1,8-12H2,(H,19,24)/t14-/m1/s1. The normalized spacial score (nSPS) is 14.7. The number of hydroxylamine groups is 2. The van der Waals surface area contributed by atoms with Gasteiger partial charge in [0, 0.05) is 12.8 Å². The molecular weight excluding hydrogens is 340 g/mol. The summed E-state index contributed by atoms with van der Waals surface area (Å²) >= 11 is 0. The van der Waals surface area contributed by atoms with Crippen LogP contribution in [0, 0.1) is 0 Å². The molecule has 26 heavy (non-hydrogen) atoms. The smallest absolute Gasteiger partial charge is 0.408 e. The van der Waals surface area contributed by atoms with E-state index in [1.165, 1.54) is 6.08 Å². The molecule has 0 bridgehead atoms. The van der Waals surface area contributed by atoms with Gasteiger partial charge in [0.1, 0.15) is 12.6 Å². The lowest BCUT2D eigenvalue weighted by Crippen LogP contribution is -2.45. The summed E-state index contributed by atoms with van der Waals surface area (Å²) in [5, 5.41) is 2.85. The van der Waals surface area contributed by atoms with Gasteiger partial charge in [0.05, 0.1) is 0 Å². The average molecular weight is 360 g/mol. The van der Waals surface area contributed by atoms with Crippen molar-refractivity contribution in [1.29, 1.82) is 0 Å². The molecule has 0 saturated carbocycles. The van der Waals surface area contributed by atoms with Crippen LogP contribution in [0.15, 0.2) is 43.0 Å². The van der Waals surface area contributed by atoms with Crippen LogP contribution in [-0.2, 0) is 30.4 Å². The molecule has 138 valence electrons. The fourth-order valence-corrected chi connectivity index (χ4v) is 2.33. The zero-order valence-corrected chi connectivity index (χ0v) is 14.2. The highest BCUT2D eigenvalue weighted by Crippen LogP contribution is 2.14. The van der Waals surface area contributed by atoms with Gasteiger partial charge >= 0.3 is 12.1 Å². The van der Waals surface area contributed by atoms with E-state index >= 15 is 0 Å². The molecule has 8 nitrogen and oxygen atoms in total. The lowest BCUT2D eigenvalue weighted by atomic mass is 10.1. The van der Waals surface area contributed by atoms with E-state index < -0.39 is 29.9 Å². The molecule has 1 saturated heterocycles. The van der Waals surface area contributed by atoms with E-state index in [2.05, 4.69) is 11.9 Å². The van der Waals surface area contributed by atoms with Crippen LogP contribution < -0.4 is 5.32 Å². The predicted molar refractivity (Wildman–Crippen MR) is 90.4 cm³/mol. The molecule has 2 rings (SSSR count). The van der Waals surface area contributed by atoms with Crippen LogP contribution in [0.25, 0.3) is 0 Å². The van der Waals surface area contributed by atoms with Gasteiger partial charge in [-0.1, -0.05) is 43.0 Å². The third kappa shape index (κ3) is 5.44. The van der Waals surface area contributed by atoms with Crippen LogP contribution in [0.1, 0.15) is 24.8 Å². The third-order valence-corrected chi connectivity index (χ3v) is 3.66. The molecule has 1 aromatic rings. The zero-order chi connectivity index (χ0) is 18.9. The number of aryl methyl sites for hydroxylation is 1. The van der Waals surface area contributed by atoms with Crippen LogP contribution in [0.4, 0.5) is 4.79 Å². The summed E-state index contributed by atoms with van der Waals surface area (Å²) in [7, 11) is 0. The lowest BCUT2D eigenvalue weighted by molar-refractivity contribution is -0.199. The van der Waals surface area contributed by atoms with Crippen LogP contribution >= 0.6 is 0 Å². The van der Waals surface area contributed by atoms with Crippen molar-refractivity contribution >= 4 is 23.9 Å². The molecule has 0 radical (unpaired) electrons. The van der Waals surface area contributed by atoms with Crippen molar-refractivity contribution in [2.24, 2.45) is 0 Å². The first-order chi connectivity index (χ1) is 12.5. The topological polar surface area (TPSA) is 102 Å². The number of carbonyl (C=O) groups excluding carboxylic acids is 4. The average Bonchev–Trinajstić information content (AvgIpc) is 2.96. The van der Waals surface area contributed by atoms with Crippen molar-refractivity contribution in [2.45, 2.75) is 31.7 Å². The minimum absolute atomic E-state index is 0.00436. The Morgan fingerprint density at radius 1 is 1.19 bits per heavy atom. The summed E-state index contributed by atoms with van der Waals surface area (Å²) in [6.45, 7) is 3.41. The highest BCUT2D eigenvalue weighted by Gasteiger charge is 2.35. The largest absolute Gasteiger partial charge is 0.445 e. The fraction of sp³-hybridized carbons (Fsp3) is 0.333. The number of alkyl carbamates (subject to hydrolysis) is 1. The van der Waals surface area contributed by atoms with Gasteiger partial charge < -0.3 is 14.9 Å². The Labute approximate surface area is 150 Å². The SMILES string of the molecule is C=CCOC(=O)N[C@H](CCc1ccccc1)C(=O)ON1C(=O)CCC1=O. The van der Waals surface area contributed by atoms with Crippen molar-refractivity contribution < 1.29 is 28.8 Å². The van der Waals surface area contributed by atoms with Crippen LogP contribution in [0.2, 0.25) is 0 Å². The summed E-state index contributed by atoms with van der Waals surface area (Å²) in [6, 6.07) is 8.27. The first kappa shape index (κ1) is 19.2. The lowest BCUT2D eigenvalue weighted by Gasteiger charge is -2.20. The maximum absolute atomic E-state index is 12.4. The van der Waals surface area contributed by atoms with Crippen LogP contribution in [0.3, 0.4) is 0 Å². The highest BCUT2D eigenvalue weighted by molar-refractivity contribution is 6.01. The summed E-state index contributed by atoms with van der Waals surface area (Å²) in [5.41, 5.74) is 0.958. The molecule has 3 amide bonds. The number of benzene rings is 1. The molecule has 0 aromatic heterocycles. The Kier molecular flexibility index (Phi) is 6.90. The molecule has 0 unspecified atom stereocenters. The number of amides is 3. The van der Waals surface area contributed by atoms with E-state index in [9.17, 15) is 19.2 Å². The minimum Gasteiger partial charge on any atom is -0.445 e. The number of hydrogen-bond donors (Lipinski definition) is 1. The number of carbonyl (C=O) groups is 4. The molecule has 1 aromatic carbocycles. The number of nitrogens with zero attached hydrogens (tertiary/aromatic N) is 1. The van der Waals surface area contributed by atoms with Gasteiger partial charge in [-0.15, -0.1) is 5.06 Å². The van der Waals surface area contributed by atoms with Crippen LogP contribution in [-0.4, -0.2) is 41.6 Å². The van der Waals surface area contributed by atoms with E-state index in [-0.39, 0.29) is 25.9 Å². The van der Waals surface area contributed by atoms with Gasteiger partial charge in [-0.25, -0.2) is 9.59 Å². The molecule has 1 atom stereocenters. The molecule has 1 fully saturated rings. The molecule has 0 aliphatic carbocycles. The highest BCUT2D eigenvalue weighted by atomic mass is 16.7. The van der Waals surface area contributed by atoms with Crippen molar-refractivity contribution in [3.8, 4) is 0 Å². The van der Waals surface area contributed by atoms with Gasteiger partial charge in [0.25, 0.3) is 11.8 Å². The van der Waals surface area contributed by atoms with Gasteiger partial charge in [0.15, 0.2) is 0 Å². The van der Waals surface area contributed by atoms with Crippen molar-refractivity contribution in [2.75, 3.05) is 6.61 Å². The second-order valence-electron chi connectivity index (χ2n) is 5.60. The molecule has 0 spiro atoms. The van der Waals surface area contributed by atoms with Crippen molar-refractivity contribution in [3.63, 3.8) is 0 Å². The summed E-state index contributed by atoms with van der Waals surface area (Å²) in [6.07, 6.45) is 1.25. The molecule has 1 N–H and O–H groups in total. The second kappa shape index (κ2) is 9.36. The number of hydrogen-bond acceptors (Lipinski definition) is 6. The Bertz CT molecular complexity index is 672. The molecular formula is C18H20N2O6. The van der Waals surface area contributed by atoms with Crippen molar-refractivity contribution in [3.05, 3.63) is 48.6 Å². The zero-order valence-electron chi connectivity index (χ0n) is 14.2. The molecule has 1 aliphatic rings. The third-order valence-electron chi connectivity index (χ3n) is 3.66. The van der Waals surface area contributed by atoms with Crippen LogP contribution in [0.5, 0.6) is 0 Å². The first-order valence-corrected chi connectivity index (χ1v) is 8.17. The van der Waals surface area contributed by atoms with E-state index in [1.54, 1.807) is 0 Å². The maximum atomic E-state index is 12.4. The summed E-state index contributed by atoms with van der Waals surface area (Å²) in [4.78, 5) is 52.2. The number of nitrogens with one attached hydrogen (secondary N) is 1. The van der Waals surface area contributed by atoms with E-state index in [0.29, 0.717) is 11.5 Å².